The van der Waals surface area contributed by atoms with Crippen molar-refractivity contribution in [2.24, 2.45) is 5.92 Å². The number of hydrogen-bond acceptors (Lipinski definition) is 5. The summed E-state index contributed by atoms with van der Waals surface area (Å²) in [5.41, 5.74) is 0.148. The highest BCUT2D eigenvalue weighted by Crippen LogP contribution is 2.20. The Kier molecular flexibility index (Phi) is 7.10. The van der Waals surface area contributed by atoms with E-state index in [1.807, 2.05) is 11.0 Å². The molecule has 0 unspecified atom stereocenters. The highest BCUT2D eigenvalue weighted by atomic mass is 16.5. The Bertz CT molecular complexity index is 510. The van der Waals surface area contributed by atoms with Gasteiger partial charge in [0.15, 0.2) is 0 Å². The minimum Gasteiger partial charge on any atom is -0.466 e. The average molecular weight is 333 g/mol. The van der Waals surface area contributed by atoms with Gasteiger partial charge in [0.05, 0.1) is 12.5 Å². The van der Waals surface area contributed by atoms with E-state index in [2.05, 4.69) is 5.32 Å². The zero-order valence-corrected chi connectivity index (χ0v) is 14.4. The van der Waals surface area contributed by atoms with Gasteiger partial charge in [0.2, 0.25) is 0 Å². The third-order valence-electron chi connectivity index (χ3n) is 4.77. The number of carbonyl (C=O) groups is 2. The minimum absolute atomic E-state index is 0.0730. The van der Waals surface area contributed by atoms with E-state index in [1.165, 1.54) is 6.42 Å². The predicted molar refractivity (Wildman–Crippen MR) is 89.6 cm³/mol. The molecule has 6 nitrogen and oxygen atoms in total. The van der Waals surface area contributed by atoms with Crippen LogP contribution in [-0.2, 0) is 14.3 Å². The number of ether oxygens (including phenoxy) is 1. The number of esters is 1. The maximum absolute atomic E-state index is 12.3. The Labute approximate surface area is 143 Å². The lowest BCUT2D eigenvalue weighted by Crippen LogP contribution is -2.38. The summed E-state index contributed by atoms with van der Waals surface area (Å²) in [5.74, 6) is -0.496. The molecule has 1 N–H and O–H groups in total. The van der Waals surface area contributed by atoms with Crippen molar-refractivity contribution in [3.8, 4) is 6.07 Å². The molecule has 0 bridgehead atoms. The van der Waals surface area contributed by atoms with E-state index in [0.717, 1.165) is 25.7 Å². The molecular formula is C18H27N3O3. The van der Waals surface area contributed by atoms with Crippen LogP contribution in [0.3, 0.4) is 0 Å². The van der Waals surface area contributed by atoms with E-state index in [1.54, 1.807) is 13.1 Å². The second-order valence-corrected chi connectivity index (χ2v) is 6.53. The lowest BCUT2D eigenvalue weighted by Gasteiger charge is -2.30. The van der Waals surface area contributed by atoms with Gasteiger partial charge in [-0.25, -0.2) is 0 Å². The summed E-state index contributed by atoms with van der Waals surface area (Å²) in [6.07, 6.45) is 8.51. The molecule has 0 aromatic carbocycles. The molecule has 2 rings (SSSR count). The third-order valence-corrected chi connectivity index (χ3v) is 4.77. The molecule has 0 atom stereocenters. The van der Waals surface area contributed by atoms with Gasteiger partial charge in [0.1, 0.15) is 11.6 Å². The van der Waals surface area contributed by atoms with Gasteiger partial charge in [0.25, 0.3) is 5.91 Å². The van der Waals surface area contributed by atoms with Crippen LogP contribution in [0.1, 0.15) is 51.9 Å². The summed E-state index contributed by atoms with van der Waals surface area (Å²) in [5, 5.41) is 12.3. The number of nitrogens with one attached hydrogen (secondary N) is 1. The van der Waals surface area contributed by atoms with Gasteiger partial charge >= 0.3 is 5.97 Å². The number of rotatable bonds is 5. The molecule has 2 fully saturated rings. The smallest absolute Gasteiger partial charge is 0.309 e. The fourth-order valence-corrected chi connectivity index (χ4v) is 3.36. The monoisotopic (exact) mass is 333 g/mol. The van der Waals surface area contributed by atoms with E-state index in [0.29, 0.717) is 32.5 Å². The Hall–Kier alpha value is -2.03. The van der Waals surface area contributed by atoms with Crippen molar-refractivity contribution < 1.29 is 14.3 Å². The highest BCUT2D eigenvalue weighted by molar-refractivity contribution is 5.97. The number of piperidine rings is 1. The molecule has 1 aliphatic heterocycles. The third kappa shape index (κ3) is 5.26. The van der Waals surface area contributed by atoms with Crippen LogP contribution in [0.25, 0.3) is 0 Å². The molecule has 1 amide bonds. The molecule has 0 radical (unpaired) electrons. The Balaban J connectivity index is 1.85. The molecule has 132 valence electrons. The van der Waals surface area contributed by atoms with Crippen LogP contribution < -0.4 is 5.32 Å². The molecule has 6 heteroatoms. The van der Waals surface area contributed by atoms with Crippen LogP contribution in [0.4, 0.5) is 0 Å². The van der Waals surface area contributed by atoms with E-state index < -0.39 is 0 Å². The maximum Gasteiger partial charge on any atom is 0.309 e. The number of likely N-dealkylation sites (tertiary alicyclic amines) is 1. The molecule has 1 saturated heterocycles. The first-order chi connectivity index (χ1) is 11.6. The van der Waals surface area contributed by atoms with Gasteiger partial charge in [-0.2, -0.15) is 5.26 Å². The molecule has 0 aromatic heterocycles. The van der Waals surface area contributed by atoms with Gasteiger partial charge in [0, 0.05) is 25.3 Å². The fourth-order valence-electron chi connectivity index (χ4n) is 3.36. The van der Waals surface area contributed by atoms with Gasteiger partial charge in [-0.15, -0.1) is 0 Å². The van der Waals surface area contributed by atoms with Crippen molar-refractivity contribution in [1.82, 2.24) is 10.2 Å². The highest BCUT2D eigenvalue weighted by Gasteiger charge is 2.26. The average Bonchev–Trinajstić information content (AvgIpc) is 2.61. The van der Waals surface area contributed by atoms with Gasteiger partial charge in [-0.05, 0) is 32.6 Å². The van der Waals surface area contributed by atoms with Crippen molar-refractivity contribution in [1.29, 1.82) is 5.26 Å². The van der Waals surface area contributed by atoms with E-state index in [9.17, 15) is 14.9 Å². The second kappa shape index (κ2) is 9.31. The fraction of sp³-hybridized carbons (Fsp3) is 0.722. The van der Waals surface area contributed by atoms with Crippen LogP contribution in [0.5, 0.6) is 0 Å². The zero-order chi connectivity index (χ0) is 17.4. The first kappa shape index (κ1) is 18.3. The van der Waals surface area contributed by atoms with Gasteiger partial charge < -0.3 is 15.0 Å². The molecule has 1 aliphatic carbocycles. The number of nitrogens with zero attached hydrogens (tertiary/aromatic N) is 2. The van der Waals surface area contributed by atoms with Crippen molar-refractivity contribution in [3.63, 3.8) is 0 Å². The maximum atomic E-state index is 12.3. The Morgan fingerprint density at radius 2 is 1.88 bits per heavy atom. The van der Waals surface area contributed by atoms with Crippen molar-refractivity contribution >= 4 is 11.9 Å². The first-order valence-electron chi connectivity index (χ1n) is 8.97. The Morgan fingerprint density at radius 3 is 2.46 bits per heavy atom. The molecule has 1 heterocycles. The molecule has 2 aliphatic rings. The predicted octanol–water partition coefficient (Wildman–Crippen LogP) is 2.12. The summed E-state index contributed by atoms with van der Waals surface area (Å²) in [6.45, 7) is 3.52. The quantitative estimate of drug-likeness (QED) is 0.473. The van der Waals surface area contributed by atoms with Gasteiger partial charge in [-0.1, -0.05) is 19.3 Å². The Morgan fingerprint density at radius 1 is 1.21 bits per heavy atom. The van der Waals surface area contributed by atoms with Crippen LogP contribution in [0.15, 0.2) is 11.8 Å². The molecular weight excluding hydrogens is 306 g/mol. The van der Waals surface area contributed by atoms with Crippen LogP contribution in [0.2, 0.25) is 0 Å². The number of nitriles is 1. The van der Waals surface area contributed by atoms with E-state index >= 15 is 0 Å². The lowest BCUT2D eigenvalue weighted by molar-refractivity contribution is -0.149. The zero-order valence-electron chi connectivity index (χ0n) is 14.4. The molecule has 0 aromatic rings. The normalized spacial score (nSPS) is 20.3. The van der Waals surface area contributed by atoms with Crippen molar-refractivity contribution in [2.75, 3.05) is 19.7 Å². The molecule has 1 saturated carbocycles. The van der Waals surface area contributed by atoms with Crippen LogP contribution >= 0.6 is 0 Å². The SMILES string of the molecule is CCOC(=O)C1CCN(/C=C(/C#N)C(=O)NC2CCCCC2)CC1. The summed E-state index contributed by atoms with van der Waals surface area (Å²) >= 11 is 0. The standard InChI is InChI=1S/C18H27N3O3/c1-2-24-18(23)14-8-10-21(11-9-14)13-15(12-19)17(22)20-16-6-4-3-5-7-16/h13-14,16H,2-11H2,1H3,(H,20,22)/b15-13-. The number of amides is 1. The van der Waals surface area contributed by atoms with Gasteiger partial charge in [-0.3, -0.25) is 9.59 Å². The van der Waals surface area contributed by atoms with E-state index in [-0.39, 0.29) is 29.4 Å². The number of hydrogen-bond donors (Lipinski definition) is 1. The minimum atomic E-state index is -0.281. The second-order valence-electron chi connectivity index (χ2n) is 6.53. The summed E-state index contributed by atoms with van der Waals surface area (Å²) in [6, 6.07) is 2.20. The van der Waals surface area contributed by atoms with Crippen LogP contribution in [-0.4, -0.2) is 42.5 Å². The summed E-state index contributed by atoms with van der Waals surface area (Å²) in [4.78, 5) is 26.0. The number of carbonyl (C=O) groups excluding carboxylic acids is 2. The topological polar surface area (TPSA) is 82.4 Å². The largest absolute Gasteiger partial charge is 0.466 e. The van der Waals surface area contributed by atoms with E-state index in [4.69, 9.17) is 4.74 Å². The lowest BCUT2D eigenvalue weighted by atomic mass is 9.95. The molecule has 24 heavy (non-hydrogen) atoms. The van der Waals surface area contributed by atoms with Crippen molar-refractivity contribution in [2.45, 2.75) is 57.9 Å². The summed E-state index contributed by atoms with van der Waals surface area (Å²) < 4.78 is 5.05. The van der Waals surface area contributed by atoms with Crippen LogP contribution in [0, 0.1) is 17.2 Å². The first-order valence-corrected chi connectivity index (χ1v) is 8.97. The van der Waals surface area contributed by atoms with Crippen molar-refractivity contribution in [3.05, 3.63) is 11.8 Å². The molecule has 0 spiro atoms. The summed E-state index contributed by atoms with van der Waals surface area (Å²) in [7, 11) is 0.